The normalized spacial score (nSPS) is 11.5. The molecule has 8 heteroatoms. The van der Waals surface area contributed by atoms with Gasteiger partial charge in [0.25, 0.3) is 0 Å². The van der Waals surface area contributed by atoms with Crippen molar-refractivity contribution < 1.29 is 18.3 Å². The van der Waals surface area contributed by atoms with Crippen LogP contribution in [0.1, 0.15) is 17.0 Å². The zero-order valence-electron chi connectivity index (χ0n) is 14.6. The van der Waals surface area contributed by atoms with Crippen LogP contribution in [0.3, 0.4) is 0 Å². The maximum Gasteiger partial charge on any atom is 0.323 e. The summed E-state index contributed by atoms with van der Waals surface area (Å²) in [5.41, 5.74) is 3.36. The van der Waals surface area contributed by atoms with Crippen LogP contribution < -0.4 is 4.90 Å². The molecule has 0 saturated carbocycles. The zero-order valence-corrected chi connectivity index (χ0v) is 15.5. The Bertz CT molecular complexity index is 844. The van der Waals surface area contributed by atoms with Crippen LogP contribution in [0.2, 0.25) is 0 Å². The number of hydrogen-bond donors (Lipinski definition) is 1. The average molecular weight is 365 g/mol. The molecule has 0 spiro atoms. The number of anilines is 1. The molecule has 0 amide bonds. The lowest BCUT2D eigenvalue weighted by molar-refractivity contribution is -0.135. The summed E-state index contributed by atoms with van der Waals surface area (Å²) in [6, 6.07) is 9.32. The number of para-hydroxylation sites is 1. The van der Waals surface area contributed by atoms with Crippen molar-refractivity contribution in [1.82, 2.24) is 9.78 Å². The standard InChI is InChI=1S/C17H23N3O4S/c1-13-16(14(2)20(18-13)9-10-25(3,23)24)11-19(12-17(21)22)15-7-5-4-6-8-15/h4-8H,9-12H2,1-3H3,(H,21,22). The molecular formula is C17H23N3O4S. The smallest absolute Gasteiger partial charge is 0.323 e. The Hall–Kier alpha value is -2.35. The minimum Gasteiger partial charge on any atom is -0.480 e. The fourth-order valence-electron chi connectivity index (χ4n) is 2.66. The first-order valence-corrected chi connectivity index (χ1v) is 9.96. The highest BCUT2D eigenvalue weighted by Crippen LogP contribution is 2.21. The molecule has 0 atom stereocenters. The van der Waals surface area contributed by atoms with E-state index in [9.17, 15) is 18.3 Å². The summed E-state index contributed by atoms with van der Waals surface area (Å²) in [5.74, 6) is -0.894. The molecular weight excluding hydrogens is 342 g/mol. The molecule has 2 rings (SSSR count). The van der Waals surface area contributed by atoms with Gasteiger partial charge in [0.2, 0.25) is 0 Å². The van der Waals surface area contributed by atoms with Crippen molar-refractivity contribution in [3.05, 3.63) is 47.3 Å². The molecule has 1 N–H and O–H groups in total. The van der Waals surface area contributed by atoms with Gasteiger partial charge in [-0.2, -0.15) is 5.10 Å². The third-order valence-corrected chi connectivity index (χ3v) is 4.93. The molecule has 7 nitrogen and oxygen atoms in total. The summed E-state index contributed by atoms with van der Waals surface area (Å²) in [4.78, 5) is 13.0. The zero-order chi connectivity index (χ0) is 18.6. The molecule has 1 heterocycles. The Labute approximate surface area is 147 Å². The van der Waals surface area contributed by atoms with Crippen LogP contribution in [0.4, 0.5) is 5.69 Å². The first kappa shape index (κ1) is 19.0. The Balaban J connectivity index is 2.27. The van der Waals surface area contributed by atoms with Gasteiger partial charge in [-0.3, -0.25) is 9.48 Å². The number of benzene rings is 1. The summed E-state index contributed by atoms with van der Waals surface area (Å²) in [6.45, 7) is 4.28. The van der Waals surface area contributed by atoms with Crippen LogP contribution in [0, 0.1) is 13.8 Å². The molecule has 2 aromatic rings. The predicted octanol–water partition coefficient (Wildman–Crippen LogP) is 1.64. The highest BCUT2D eigenvalue weighted by atomic mass is 32.2. The third kappa shape index (κ3) is 5.32. The minimum atomic E-state index is -3.07. The molecule has 1 aromatic carbocycles. The number of sulfone groups is 1. The number of aromatic nitrogens is 2. The van der Waals surface area contributed by atoms with Gasteiger partial charge >= 0.3 is 5.97 Å². The highest BCUT2D eigenvalue weighted by Gasteiger charge is 2.18. The fourth-order valence-corrected chi connectivity index (χ4v) is 3.17. The monoisotopic (exact) mass is 365 g/mol. The summed E-state index contributed by atoms with van der Waals surface area (Å²) < 4.78 is 24.4. The van der Waals surface area contributed by atoms with Crippen LogP contribution in [-0.4, -0.2) is 47.8 Å². The van der Waals surface area contributed by atoms with Crippen LogP contribution >= 0.6 is 0 Å². The van der Waals surface area contributed by atoms with E-state index in [-0.39, 0.29) is 18.8 Å². The predicted molar refractivity (Wildman–Crippen MR) is 96.5 cm³/mol. The Morgan fingerprint density at radius 1 is 1.24 bits per heavy atom. The topological polar surface area (TPSA) is 92.5 Å². The lowest BCUT2D eigenvalue weighted by atomic mass is 10.1. The first-order valence-electron chi connectivity index (χ1n) is 7.90. The van der Waals surface area contributed by atoms with Crippen LogP contribution in [-0.2, 0) is 27.7 Å². The molecule has 0 aliphatic rings. The lowest BCUT2D eigenvalue weighted by Crippen LogP contribution is -2.29. The van der Waals surface area contributed by atoms with E-state index in [0.717, 1.165) is 22.6 Å². The summed E-state index contributed by atoms with van der Waals surface area (Å²) in [7, 11) is -3.07. The van der Waals surface area contributed by atoms with Crippen molar-refractivity contribution in [2.45, 2.75) is 26.9 Å². The van der Waals surface area contributed by atoms with Crippen LogP contribution in [0.5, 0.6) is 0 Å². The number of hydrogen-bond acceptors (Lipinski definition) is 5. The molecule has 0 aliphatic carbocycles. The highest BCUT2D eigenvalue weighted by molar-refractivity contribution is 7.90. The average Bonchev–Trinajstić information content (AvgIpc) is 2.79. The van der Waals surface area contributed by atoms with E-state index in [0.29, 0.717) is 6.54 Å². The van der Waals surface area contributed by atoms with Crippen LogP contribution in [0.15, 0.2) is 30.3 Å². The third-order valence-electron chi connectivity index (χ3n) is 4.00. The second-order valence-electron chi connectivity index (χ2n) is 6.09. The molecule has 0 radical (unpaired) electrons. The van der Waals surface area contributed by atoms with Crippen molar-refractivity contribution in [3.8, 4) is 0 Å². The molecule has 0 saturated heterocycles. The van der Waals surface area contributed by atoms with Gasteiger partial charge in [-0.15, -0.1) is 0 Å². The van der Waals surface area contributed by atoms with E-state index >= 15 is 0 Å². The van der Waals surface area contributed by atoms with Gasteiger partial charge in [0.05, 0.1) is 18.0 Å². The van der Waals surface area contributed by atoms with Crippen molar-refractivity contribution in [2.24, 2.45) is 0 Å². The lowest BCUT2D eigenvalue weighted by Gasteiger charge is -2.23. The molecule has 0 aliphatic heterocycles. The van der Waals surface area contributed by atoms with E-state index < -0.39 is 15.8 Å². The number of rotatable bonds is 8. The molecule has 0 unspecified atom stereocenters. The van der Waals surface area contributed by atoms with Crippen LogP contribution in [0.25, 0.3) is 0 Å². The number of carbonyl (C=O) groups is 1. The van der Waals surface area contributed by atoms with Gasteiger partial charge < -0.3 is 10.0 Å². The first-order chi connectivity index (χ1) is 11.7. The SMILES string of the molecule is Cc1nn(CCS(C)(=O)=O)c(C)c1CN(CC(=O)O)c1ccccc1. The van der Waals surface area contributed by atoms with E-state index in [1.165, 1.54) is 6.26 Å². The van der Waals surface area contributed by atoms with Crippen molar-refractivity contribution in [2.75, 3.05) is 23.5 Å². The second kappa shape index (κ2) is 7.69. The van der Waals surface area contributed by atoms with E-state index in [4.69, 9.17) is 0 Å². The van der Waals surface area contributed by atoms with E-state index in [1.54, 1.807) is 9.58 Å². The largest absolute Gasteiger partial charge is 0.480 e. The van der Waals surface area contributed by atoms with Crippen molar-refractivity contribution in [1.29, 1.82) is 0 Å². The van der Waals surface area contributed by atoms with E-state index in [1.807, 2.05) is 44.2 Å². The Morgan fingerprint density at radius 3 is 2.44 bits per heavy atom. The Kier molecular flexibility index (Phi) is 5.84. The van der Waals surface area contributed by atoms with Gasteiger partial charge in [-0.25, -0.2) is 8.42 Å². The number of nitrogens with zero attached hydrogens (tertiary/aromatic N) is 3. The summed E-state index contributed by atoms with van der Waals surface area (Å²) >= 11 is 0. The molecule has 1 aromatic heterocycles. The maximum absolute atomic E-state index is 11.4. The molecule has 25 heavy (non-hydrogen) atoms. The molecule has 0 bridgehead atoms. The van der Waals surface area contributed by atoms with Crippen molar-refractivity contribution >= 4 is 21.5 Å². The van der Waals surface area contributed by atoms with E-state index in [2.05, 4.69) is 5.10 Å². The number of carboxylic acids is 1. The van der Waals surface area contributed by atoms with Gasteiger partial charge in [0.1, 0.15) is 16.4 Å². The van der Waals surface area contributed by atoms with Gasteiger partial charge in [-0.1, -0.05) is 18.2 Å². The molecule has 0 fully saturated rings. The number of aryl methyl sites for hydroxylation is 2. The number of aliphatic carboxylic acids is 1. The van der Waals surface area contributed by atoms with Gasteiger partial charge in [0, 0.05) is 29.7 Å². The summed E-state index contributed by atoms with van der Waals surface area (Å²) in [5, 5.41) is 13.6. The maximum atomic E-state index is 11.4. The minimum absolute atomic E-state index is 0.0198. The second-order valence-corrected chi connectivity index (χ2v) is 8.35. The number of carboxylic acid groups (broad SMARTS) is 1. The quantitative estimate of drug-likeness (QED) is 0.764. The van der Waals surface area contributed by atoms with Gasteiger partial charge in [-0.05, 0) is 26.0 Å². The summed E-state index contributed by atoms with van der Waals surface area (Å²) in [6.07, 6.45) is 1.20. The fraction of sp³-hybridized carbons (Fsp3) is 0.412. The molecule has 136 valence electrons. The Morgan fingerprint density at radius 2 is 1.88 bits per heavy atom. The van der Waals surface area contributed by atoms with Gasteiger partial charge in [0.15, 0.2) is 0 Å². The van der Waals surface area contributed by atoms with Crippen molar-refractivity contribution in [3.63, 3.8) is 0 Å².